The van der Waals surface area contributed by atoms with Gasteiger partial charge in [-0.1, -0.05) is 75.2 Å². The lowest BCUT2D eigenvalue weighted by molar-refractivity contribution is -0.141. The van der Waals surface area contributed by atoms with Gasteiger partial charge in [0.15, 0.2) is 5.96 Å². The molecule has 3 aliphatic carbocycles. The third-order valence-corrected chi connectivity index (χ3v) is 9.18. The second kappa shape index (κ2) is 15.2. The number of nitrogens with one attached hydrogen (secondary N) is 4. The summed E-state index contributed by atoms with van der Waals surface area (Å²) in [5.41, 5.74) is 10.9. The quantitative estimate of drug-likeness (QED) is 0.106. The number of guanidine groups is 1. The van der Waals surface area contributed by atoms with Crippen LogP contribution in [0.15, 0.2) is 59.1 Å². The van der Waals surface area contributed by atoms with E-state index < -0.39 is 28.9 Å². The Morgan fingerprint density at radius 3 is 2.04 bits per heavy atom. The van der Waals surface area contributed by atoms with Crippen molar-refractivity contribution in [3.05, 3.63) is 59.7 Å². The number of nitrogens with zero attached hydrogens (tertiary/aromatic N) is 1. The van der Waals surface area contributed by atoms with E-state index in [9.17, 15) is 19.2 Å². The lowest BCUT2D eigenvalue weighted by Gasteiger charge is -2.42. The Kier molecular flexibility index (Phi) is 11.4. The summed E-state index contributed by atoms with van der Waals surface area (Å²) in [5.74, 6) is -1.61. The maximum atomic E-state index is 14.2. The van der Waals surface area contributed by atoms with E-state index in [-0.39, 0.29) is 42.7 Å². The van der Waals surface area contributed by atoms with Crippen molar-refractivity contribution < 1.29 is 19.2 Å². The van der Waals surface area contributed by atoms with Gasteiger partial charge < -0.3 is 32.7 Å². The van der Waals surface area contributed by atoms with Crippen LogP contribution in [0.25, 0.3) is 0 Å². The highest BCUT2D eigenvalue weighted by atomic mass is 16.2. The number of carbonyl (C=O) groups is 4. The number of aliphatic imine (C=N–C) groups is 1. The molecule has 0 aliphatic heterocycles. The highest BCUT2D eigenvalue weighted by Crippen LogP contribution is 2.35. The first-order valence-electron chi connectivity index (χ1n) is 16.3. The highest BCUT2D eigenvalue weighted by Gasteiger charge is 2.48. The zero-order valence-electron chi connectivity index (χ0n) is 26.6. The molecule has 11 heteroatoms. The first-order chi connectivity index (χ1) is 21.5. The van der Waals surface area contributed by atoms with Gasteiger partial charge in [0, 0.05) is 12.5 Å². The van der Waals surface area contributed by atoms with Gasteiger partial charge >= 0.3 is 0 Å². The first kappa shape index (κ1) is 33.7. The van der Waals surface area contributed by atoms with Crippen molar-refractivity contribution in [3.8, 4) is 0 Å². The Labute approximate surface area is 266 Å². The maximum Gasteiger partial charge on any atom is 0.246 e. The Morgan fingerprint density at radius 1 is 0.867 bits per heavy atom. The maximum absolute atomic E-state index is 14.2. The summed E-state index contributed by atoms with van der Waals surface area (Å²) in [6, 6.07) is 8.59. The molecule has 1 aromatic rings. The number of nitrogens with two attached hydrogens (primary N) is 2. The van der Waals surface area contributed by atoms with Gasteiger partial charge in [0.1, 0.15) is 17.1 Å². The SMILES string of the molecule is CC(C)C(=O)NC1(C(=O)NC(CCCN=C(N)N)C(=O)NC2(C(=O)NC(C3=CC=CCC3)c3ccccc3)CCCC2)CCC1. The molecular formula is C34H49N7O4. The zero-order chi connectivity index (χ0) is 32.5. The van der Waals surface area contributed by atoms with E-state index in [1.807, 2.05) is 36.4 Å². The van der Waals surface area contributed by atoms with Crippen molar-refractivity contribution in [1.82, 2.24) is 21.3 Å². The molecule has 0 spiro atoms. The summed E-state index contributed by atoms with van der Waals surface area (Å²) in [5, 5.41) is 12.2. The predicted octanol–water partition coefficient (Wildman–Crippen LogP) is 2.78. The van der Waals surface area contributed by atoms with Gasteiger partial charge in [0.2, 0.25) is 23.6 Å². The van der Waals surface area contributed by atoms with Crippen LogP contribution in [0.5, 0.6) is 0 Å². The molecule has 3 aliphatic rings. The van der Waals surface area contributed by atoms with Crippen molar-refractivity contribution in [3.63, 3.8) is 0 Å². The van der Waals surface area contributed by atoms with Gasteiger partial charge in [-0.25, -0.2) is 0 Å². The molecule has 0 radical (unpaired) electrons. The number of rotatable bonds is 14. The minimum absolute atomic E-state index is 0.0528. The third kappa shape index (κ3) is 8.52. The van der Waals surface area contributed by atoms with E-state index >= 15 is 0 Å². The number of hydrogen-bond donors (Lipinski definition) is 6. The van der Waals surface area contributed by atoms with Crippen LogP contribution in [0.2, 0.25) is 0 Å². The largest absolute Gasteiger partial charge is 0.370 e. The summed E-state index contributed by atoms with van der Waals surface area (Å²) in [7, 11) is 0. The zero-order valence-corrected chi connectivity index (χ0v) is 26.6. The van der Waals surface area contributed by atoms with E-state index in [4.69, 9.17) is 11.5 Å². The molecule has 1 aromatic carbocycles. The van der Waals surface area contributed by atoms with Crippen LogP contribution < -0.4 is 32.7 Å². The van der Waals surface area contributed by atoms with E-state index in [1.165, 1.54) is 0 Å². The minimum Gasteiger partial charge on any atom is -0.370 e. The van der Waals surface area contributed by atoms with Gasteiger partial charge in [0.25, 0.3) is 0 Å². The summed E-state index contributed by atoms with van der Waals surface area (Å²) >= 11 is 0. The second-order valence-corrected chi connectivity index (χ2v) is 12.9. The van der Waals surface area contributed by atoms with E-state index in [0.717, 1.165) is 43.2 Å². The number of benzene rings is 1. The van der Waals surface area contributed by atoms with Gasteiger partial charge in [-0.2, -0.15) is 0 Å². The van der Waals surface area contributed by atoms with Crippen molar-refractivity contribution in [2.75, 3.05) is 6.54 Å². The molecule has 0 aromatic heterocycles. The molecule has 2 saturated carbocycles. The standard InChI is InChI=1S/C34H49N7O4/c1-23(2)28(42)40-34(20-12-21-34)30(44)38-26(17-11-22-37-32(35)36)29(43)41-33(18-9-10-19-33)31(45)39-27(24-13-5-3-6-14-24)25-15-7-4-8-16-25/h3-7,13-15,23,26-27H,8-12,16-22H2,1-2H3,(H,38,44)(H,39,45)(H,40,42)(H,41,43)(H4,35,36,37). The Bertz CT molecular complexity index is 1310. The third-order valence-electron chi connectivity index (χ3n) is 9.18. The summed E-state index contributed by atoms with van der Waals surface area (Å²) in [4.78, 5) is 58.3. The minimum atomic E-state index is -1.11. The predicted molar refractivity (Wildman–Crippen MR) is 175 cm³/mol. The van der Waals surface area contributed by atoms with Crippen molar-refractivity contribution in [2.45, 2.75) is 108 Å². The molecule has 8 N–H and O–H groups in total. The smallest absolute Gasteiger partial charge is 0.246 e. The average molecular weight is 620 g/mol. The fraction of sp³-hybridized carbons (Fsp3) is 0.559. The van der Waals surface area contributed by atoms with E-state index in [1.54, 1.807) is 13.8 Å². The van der Waals surface area contributed by atoms with Crippen LogP contribution in [-0.4, -0.2) is 53.3 Å². The summed E-state index contributed by atoms with van der Waals surface area (Å²) in [6.45, 7) is 3.83. The average Bonchev–Trinajstić information content (AvgIpc) is 3.49. The van der Waals surface area contributed by atoms with E-state index in [2.05, 4.69) is 38.4 Å². The second-order valence-electron chi connectivity index (χ2n) is 12.9. The first-order valence-corrected chi connectivity index (χ1v) is 16.3. The van der Waals surface area contributed by atoms with Crippen molar-refractivity contribution in [2.24, 2.45) is 22.4 Å². The van der Waals surface area contributed by atoms with Crippen LogP contribution in [0.4, 0.5) is 0 Å². The molecule has 2 fully saturated rings. The number of amides is 4. The van der Waals surface area contributed by atoms with Gasteiger partial charge in [-0.05, 0) is 68.9 Å². The monoisotopic (exact) mass is 619 g/mol. The topological polar surface area (TPSA) is 181 Å². The van der Waals surface area contributed by atoms with Crippen LogP contribution >= 0.6 is 0 Å². The van der Waals surface area contributed by atoms with Crippen molar-refractivity contribution >= 4 is 29.6 Å². The molecule has 0 saturated heterocycles. The number of carbonyl (C=O) groups excluding carboxylic acids is 4. The normalized spacial score (nSPS) is 19.3. The molecule has 4 amide bonds. The molecule has 11 nitrogen and oxygen atoms in total. The molecule has 45 heavy (non-hydrogen) atoms. The number of hydrogen-bond acceptors (Lipinski definition) is 5. The Balaban J connectivity index is 1.54. The lowest BCUT2D eigenvalue weighted by Crippen LogP contribution is -2.67. The number of allylic oxidation sites excluding steroid dienone is 3. The molecule has 2 atom stereocenters. The molecule has 2 unspecified atom stereocenters. The van der Waals surface area contributed by atoms with Gasteiger partial charge in [-0.3, -0.25) is 24.2 Å². The molecule has 0 bridgehead atoms. The van der Waals surface area contributed by atoms with Gasteiger partial charge in [-0.15, -0.1) is 0 Å². The van der Waals surface area contributed by atoms with Crippen LogP contribution in [0.3, 0.4) is 0 Å². The molecule has 0 heterocycles. The van der Waals surface area contributed by atoms with Gasteiger partial charge in [0.05, 0.1) is 6.04 Å². The summed E-state index contributed by atoms with van der Waals surface area (Å²) in [6.07, 6.45) is 13.0. The molecular weight excluding hydrogens is 570 g/mol. The lowest BCUT2D eigenvalue weighted by atomic mass is 9.75. The van der Waals surface area contributed by atoms with Crippen LogP contribution in [0.1, 0.15) is 96.1 Å². The molecule has 244 valence electrons. The fourth-order valence-electron chi connectivity index (χ4n) is 6.27. The highest BCUT2D eigenvalue weighted by molar-refractivity contribution is 5.98. The van der Waals surface area contributed by atoms with Crippen molar-refractivity contribution in [1.29, 1.82) is 0 Å². The fourth-order valence-corrected chi connectivity index (χ4v) is 6.27. The van der Waals surface area contributed by atoms with Crippen LogP contribution in [-0.2, 0) is 19.2 Å². The molecule has 4 rings (SSSR count). The van der Waals surface area contributed by atoms with Crippen LogP contribution in [0, 0.1) is 5.92 Å². The summed E-state index contributed by atoms with van der Waals surface area (Å²) < 4.78 is 0. The Morgan fingerprint density at radius 2 is 1.49 bits per heavy atom. The van der Waals surface area contributed by atoms with E-state index in [0.29, 0.717) is 32.1 Å². The Hall–Kier alpha value is -4.15.